The Bertz CT molecular complexity index is 1380. The van der Waals surface area contributed by atoms with Crippen molar-refractivity contribution in [2.75, 3.05) is 24.5 Å². The van der Waals surface area contributed by atoms with Crippen molar-refractivity contribution >= 4 is 46.2 Å². The Morgan fingerprint density at radius 2 is 2.00 bits per heavy atom. The lowest BCUT2D eigenvalue weighted by atomic mass is 9.91. The van der Waals surface area contributed by atoms with E-state index in [-0.39, 0.29) is 12.0 Å². The lowest BCUT2D eigenvalue weighted by Gasteiger charge is -2.44. The van der Waals surface area contributed by atoms with Crippen molar-refractivity contribution in [3.63, 3.8) is 0 Å². The molecule has 3 fully saturated rings. The van der Waals surface area contributed by atoms with Gasteiger partial charge in [0, 0.05) is 35.2 Å². The predicted molar refractivity (Wildman–Crippen MR) is 149 cm³/mol. The number of carbonyl (C=O) groups is 1. The largest absolute Gasteiger partial charge is 0.481 e. The number of benzene rings is 1. The smallest absolute Gasteiger partial charge is 0.306 e. The van der Waals surface area contributed by atoms with E-state index in [0.29, 0.717) is 34.0 Å². The van der Waals surface area contributed by atoms with Gasteiger partial charge in [-0.3, -0.25) is 9.69 Å². The van der Waals surface area contributed by atoms with Crippen LogP contribution in [0.5, 0.6) is 0 Å². The van der Waals surface area contributed by atoms with Crippen molar-refractivity contribution in [3.8, 4) is 0 Å². The first kappa shape index (κ1) is 25.8. The van der Waals surface area contributed by atoms with Crippen LogP contribution in [0.3, 0.4) is 0 Å². The first-order valence-corrected chi connectivity index (χ1v) is 14.4. The van der Waals surface area contributed by atoms with Crippen LogP contribution in [0.25, 0.3) is 11.2 Å². The maximum atomic E-state index is 11.5. The summed E-state index contributed by atoms with van der Waals surface area (Å²) in [6, 6.07) is 6.31. The number of piperidine rings is 1. The van der Waals surface area contributed by atoms with Crippen LogP contribution in [0.2, 0.25) is 10.0 Å². The molecule has 0 spiro atoms. The van der Waals surface area contributed by atoms with Gasteiger partial charge >= 0.3 is 5.97 Å². The molecule has 2 saturated heterocycles. The SMILES string of the molecule is Cc1nn(C(C)c2ccc(Cl)cc2Cl)c2nc(N3CCC(N4CCCC4[C@@H]4CC4C(=O)O)C(C)C3)cnc12. The van der Waals surface area contributed by atoms with Crippen molar-refractivity contribution < 1.29 is 9.90 Å². The van der Waals surface area contributed by atoms with Gasteiger partial charge in [0.15, 0.2) is 5.65 Å². The number of nitrogens with zero attached hydrogens (tertiary/aromatic N) is 6. The highest BCUT2D eigenvalue weighted by atomic mass is 35.5. The number of aliphatic carboxylic acids is 1. The molecule has 202 valence electrons. The molecule has 2 aromatic heterocycles. The highest BCUT2D eigenvalue weighted by Crippen LogP contribution is 2.48. The molecule has 6 rings (SSSR count). The Morgan fingerprint density at radius 1 is 1.18 bits per heavy atom. The molecule has 0 bridgehead atoms. The van der Waals surface area contributed by atoms with E-state index >= 15 is 0 Å². The third-order valence-corrected chi connectivity index (χ3v) is 9.50. The zero-order valence-corrected chi connectivity index (χ0v) is 23.5. The third kappa shape index (κ3) is 4.54. The minimum Gasteiger partial charge on any atom is -0.481 e. The van der Waals surface area contributed by atoms with Gasteiger partial charge in [-0.2, -0.15) is 5.10 Å². The zero-order chi connectivity index (χ0) is 26.7. The first-order valence-electron chi connectivity index (χ1n) is 13.6. The van der Waals surface area contributed by atoms with Gasteiger partial charge < -0.3 is 10.0 Å². The van der Waals surface area contributed by atoms with Crippen LogP contribution in [-0.4, -0.2) is 67.4 Å². The van der Waals surface area contributed by atoms with Crippen LogP contribution in [0.1, 0.15) is 56.8 Å². The summed E-state index contributed by atoms with van der Waals surface area (Å²) in [6.07, 6.45) is 6.04. The molecule has 8 nitrogen and oxygen atoms in total. The van der Waals surface area contributed by atoms with Gasteiger partial charge in [-0.1, -0.05) is 36.2 Å². The second-order valence-corrected chi connectivity index (χ2v) is 12.2. The van der Waals surface area contributed by atoms with Gasteiger partial charge in [0.2, 0.25) is 0 Å². The van der Waals surface area contributed by atoms with Gasteiger partial charge in [-0.05, 0) is 75.6 Å². The van der Waals surface area contributed by atoms with E-state index in [0.717, 1.165) is 67.1 Å². The Kier molecular flexibility index (Phi) is 6.77. The second kappa shape index (κ2) is 9.96. The first-order chi connectivity index (χ1) is 18.2. The van der Waals surface area contributed by atoms with E-state index < -0.39 is 5.97 Å². The van der Waals surface area contributed by atoms with Crippen LogP contribution in [0.15, 0.2) is 24.4 Å². The molecule has 3 aromatic rings. The topological polar surface area (TPSA) is 87.4 Å². The number of fused-ring (bicyclic) bond motifs is 1. The van der Waals surface area contributed by atoms with Crippen LogP contribution in [0.4, 0.5) is 5.82 Å². The standard InChI is InChI=1S/C28H34Cl2N6O2/c1-15-14-34(10-8-23(15)35-9-4-5-24(35)20-12-21(20)28(37)38)25-13-31-26-16(2)33-36(27(26)32-25)17(3)19-7-6-18(29)11-22(19)30/h6-7,11,13,15,17,20-21,23-24H,4-5,8-10,12,14H2,1-3H3,(H,37,38)/t15?,17?,20-,21?,23?,24?/m1/s1. The van der Waals surface area contributed by atoms with E-state index in [4.69, 9.17) is 38.3 Å². The highest BCUT2D eigenvalue weighted by Gasteiger charge is 2.52. The molecular weight excluding hydrogens is 523 g/mol. The van der Waals surface area contributed by atoms with Crippen LogP contribution in [0, 0.1) is 24.7 Å². The van der Waals surface area contributed by atoms with E-state index in [1.54, 1.807) is 6.07 Å². The molecular formula is C28H34Cl2N6O2. The quantitative estimate of drug-likeness (QED) is 0.431. The van der Waals surface area contributed by atoms with Crippen molar-refractivity contribution in [3.05, 3.63) is 45.7 Å². The molecule has 38 heavy (non-hydrogen) atoms. The van der Waals surface area contributed by atoms with Crippen LogP contribution < -0.4 is 4.90 Å². The van der Waals surface area contributed by atoms with Crippen LogP contribution in [-0.2, 0) is 4.79 Å². The fraction of sp³-hybridized carbons (Fsp3) is 0.571. The van der Waals surface area contributed by atoms with Crippen molar-refractivity contribution in [2.24, 2.45) is 17.8 Å². The number of aromatic nitrogens is 4. The fourth-order valence-electron chi connectivity index (χ4n) is 6.88. The van der Waals surface area contributed by atoms with Gasteiger partial charge in [0.1, 0.15) is 11.3 Å². The molecule has 3 aliphatic rings. The molecule has 0 amide bonds. The lowest BCUT2D eigenvalue weighted by molar-refractivity contribution is -0.139. The van der Waals surface area contributed by atoms with E-state index in [1.165, 1.54) is 6.42 Å². The van der Waals surface area contributed by atoms with Gasteiger partial charge in [0.25, 0.3) is 0 Å². The number of hydrogen-bond acceptors (Lipinski definition) is 6. The van der Waals surface area contributed by atoms with E-state index in [1.807, 2.05) is 29.9 Å². The Balaban J connectivity index is 1.22. The monoisotopic (exact) mass is 556 g/mol. The van der Waals surface area contributed by atoms with Gasteiger partial charge in [-0.25, -0.2) is 14.6 Å². The van der Waals surface area contributed by atoms with E-state index in [2.05, 4.69) is 23.6 Å². The average Bonchev–Trinajstić information content (AvgIpc) is 3.43. The van der Waals surface area contributed by atoms with Crippen molar-refractivity contribution in [1.82, 2.24) is 24.6 Å². The summed E-state index contributed by atoms with van der Waals surface area (Å²) in [4.78, 5) is 26.3. The molecule has 4 heterocycles. The third-order valence-electron chi connectivity index (χ3n) is 8.94. The molecule has 10 heteroatoms. The second-order valence-electron chi connectivity index (χ2n) is 11.3. The van der Waals surface area contributed by atoms with Gasteiger partial charge in [0.05, 0.1) is 23.9 Å². The summed E-state index contributed by atoms with van der Waals surface area (Å²) in [7, 11) is 0. The molecule has 1 aliphatic carbocycles. The number of halogens is 2. The summed E-state index contributed by atoms with van der Waals surface area (Å²) in [5, 5.41) is 15.4. The predicted octanol–water partition coefficient (Wildman–Crippen LogP) is 5.45. The Labute approximate surface area is 232 Å². The molecule has 1 aromatic carbocycles. The number of rotatable bonds is 6. The Hall–Kier alpha value is -2.42. The van der Waals surface area contributed by atoms with Crippen molar-refractivity contribution in [2.45, 2.75) is 64.6 Å². The molecule has 0 radical (unpaired) electrons. The minimum absolute atomic E-state index is 0.130. The summed E-state index contributed by atoms with van der Waals surface area (Å²) in [5.74, 6) is 0.872. The molecule has 6 atom stereocenters. The molecule has 1 N–H and O–H groups in total. The van der Waals surface area contributed by atoms with E-state index in [9.17, 15) is 9.90 Å². The average molecular weight is 558 g/mol. The number of hydrogen-bond donors (Lipinski definition) is 1. The normalized spacial score (nSPS) is 28.7. The lowest BCUT2D eigenvalue weighted by Crippen LogP contribution is -2.52. The number of anilines is 1. The molecule has 5 unspecified atom stereocenters. The number of carboxylic acid groups (broad SMARTS) is 1. The van der Waals surface area contributed by atoms with Crippen molar-refractivity contribution in [1.29, 1.82) is 0 Å². The maximum Gasteiger partial charge on any atom is 0.306 e. The Morgan fingerprint density at radius 3 is 2.71 bits per heavy atom. The highest BCUT2D eigenvalue weighted by molar-refractivity contribution is 6.35. The minimum atomic E-state index is -0.624. The summed E-state index contributed by atoms with van der Waals surface area (Å²) in [5.41, 5.74) is 3.32. The fourth-order valence-corrected chi connectivity index (χ4v) is 7.45. The summed E-state index contributed by atoms with van der Waals surface area (Å²) < 4.78 is 1.91. The molecule has 1 saturated carbocycles. The number of aryl methyl sites for hydroxylation is 1. The number of carboxylic acids is 1. The molecule has 2 aliphatic heterocycles. The maximum absolute atomic E-state index is 11.5. The van der Waals surface area contributed by atoms with Crippen LogP contribution >= 0.6 is 23.2 Å². The zero-order valence-electron chi connectivity index (χ0n) is 22.0. The van der Waals surface area contributed by atoms with Gasteiger partial charge in [-0.15, -0.1) is 0 Å². The number of likely N-dealkylation sites (tertiary alicyclic amines) is 1. The summed E-state index contributed by atoms with van der Waals surface area (Å²) >= 11 is 12.6. The summed E-state index contributed by atoms with van der Waals surface area (Å²) in [6.45, 7) is 9.21.